The number of carbonyl (C=O) groups excluding carboxylic acids is 1. The third-order valence-corrected chi connectivity index (χ3v) is 4.09. The largest absolute Gasteiger partial charge is 0.464 e. The van der Waals surface area contributed by atoms with Crippen LogP contribution >= 0.6 is 0 Å². The average molecular weight is 277 g/mol. The van der Waals surface area contributed by atoms with Gasteiger partial charge in [-0.3, -0.25) is 4.79 Å². The Balaban J connectivity index is 1.62. The van der Waals surface area contributed by atoms with Crippen LogP contribution in [0.15, 0.2) is 59.2 Å². The zero-order valence-electron chi connectivity index (χ0n) is 11.6. The number of benzene rings is 2. The second kappa shape index (κ2) is 4.77. The predicted molar refractivity (Wildman–Crippen MR) is 82.4 cm³/mol. The van der Waals surface area contributed by atoms with E-state index in [1.165, 1.54) is 5.56 Å². The number of hydrogen-bond donors (Lipinski definition) is 0. The van der Waals surface area contributed by atoms with Gasteiger partial charge >= 0.3 is 0 Å². The lowest BCUT2D eigenvalue weighted by Crippen LogP contribution is -2.30. The Hall–Kier alpha value is -2.55. The number of carbonyl (C=O) groups is 1. The maximum atomic E-state index is 12.6. The van der Waals surface area contributed by atoms with Gasteiger partial charge < -0.3 is 9.32 Å². The van der Waals surface area contributed by atoms with Crippen molar-refractivity contribution < 1.29 is 9.21 Å². The maximum absolute atomic E-state index is 12.6. The van der Waals surface area contributed by atoms with Crippen LogP contribution in [0.3, 0.4) is 0 Å². The van der Waals surface area contributed by atoms with Gasteiger partial charge in [-0.05, 0) is 24.1 Å². The first-order valence-corrected chi connectivity index (χ1v) is 7.16. The molecule has 2 aromatic carbocycles. The summed E-state index contributed by atoms with van der Waals surface area (Å²) in [6, 6.07) is 16.0. The standard InChI is InChI=1S/C18H15NO2/c20-18(19-10-9-13-5-1-3-7-16(13)19)11-14-12-21-17-8-4-2-6-15(14)17/h1-8,12H,9-11H2. The molecular weight excluding hydrogens is 262 g/mol. The lowest BCUT2D eigenvalue weighted by Gasteiger charge is -2.16. The monoisotopic (exact) mass is 277 g/mol. The van der Waals surface area contributed by atoms with Gasteiger partial charge in [0.2, 0.25) is 5.91 Å². The molecule has 0 radical (unpaired) electrons. The molecular formula is C18H15NO2. The highest BCUT2D eigenvalue weighted by atomic mass is 16.3. The van der Waals surface area contributed by atoms with E-state index in [0.29, 0.717) is 6.42 Å². The summed E-state index contributed by atoms with van der Waals surface area (Å²) in [6.07, 6.45) is 3.02. The Morgan fingerprint density at radius 2 is 1.90 bits per heavy atom. The number of amides is 1. The van der Waals surface area contributed by atoms with Gasteiger partial charge in [-0.1, -0.05) is 36.4 Å². The summed E-state index contributed by atoms with van der Waals surface area (Å²) in [4.78, 5) is 14.5. The molecule has 0 bridgehead atoms. The minimum absolute atomic E-state index is 0.131. The molecule has 2 heterocycles. The summed E-state index contributed by atoms with van der Waals surface area (Å²) < 4.78 is 5.51. The summed E-state index contributed by atoms with van der Waals surface area (Å²) in [7, 11) is 0. The summed E-state index contributed by atoms with van der Waals surface area (Å²) in [5.74, 6) is 0.131. The molecule has 0 spiro atoms. The van der Waals surface area contributed by atoms with E-state index < -0.39 is 0 Å². The number of hydrogen-bond acceptors (Lipinski definition) is 2. The molecule has 0 unspecified atom stereocenters. The van der Waals surface area contributed by atoms with Gasteiger partial charge in [0.1, 0.15) is 5.58 Å². The molecule has 0 atom stereocenters. The second-order valence-electron chi connectivity index (χ2n) is 5.36. The molecule has 4 rings (SSSR count). The quantitative estimate of drug-likeness (QED) is 0.717. The van der Waals surface area contributed by atoms with E-state index in [4.69, 9.17) is 4.42 Å². The lowest BCUT2D eigenvalue weighted by molar-refractivity contribution is -0.117. The van der Waals surface area contributed by atoms with Gasteiger partial charge in [-0.15, -0.1) is 0 Å². The van der Waals surface area contributed by atoms with E-state index >= 15 is 0 Å². The molecule has 1 aromatic heterocycles. The van der Waals surface area contributed by atoms with Gasteiger partial charge in [-0.25, -0.2) is 0 Å². The highest BCUT2D eigenvalue weighted by Crippen LogP contribution is 2.29. The van der Waals surface area contributed by atoms with Crippen LogP contribution < -0.4 is 4.90 Å². The predicted octanol–water partition coefficient (Wildman–Crippen LogP) is 3.56. The number of rotatable bonds is 2. The van der Waals surface area contributed by atoms with Crippen LogP contribution in [0, 0.1) is 0 Å². The van der Waals surface area contributed by atoms with Crippen molar-refractivity contribution in [3.8, 4) is 0 Å². The maximum Gasteiger partial charge on any atom is 0.231 e. The van der Waals surface area contributed by atoms with Gasteiger partial charge in [0.05, 0.1) is 12.7 Å². The van der Waals surface area contributed by atoms with E-state index in [2.05, 4.69) is 6.07 Å². The number of nitrogens with zero attached hydrogens (tertiary/aromatic N) is 1. The minimum atomic E-state index is 0.131. The van der Waals surface area contributed by atoms with E-state index in [1.54, 1.807) is 6.26 Å². The molecule has 0 N–H and O–H groups in total. The molecule has 1 aliphatic heterocycles. The summed E-state index contributed by atoms with van der Waals surface area (Å²) in [5, 5.41) is 1.03. The Kier molecular flexibility index (Phi) is 2.78. The minimum Gasteiger partial charge on any atom is -0.464 e. The van der Waals surface area contributed by atoms with Crippen LogP contribution in [0.2, 0.25) is 0 Å². The first-order chi connectivity index (χ1) is 10.3. The van der Waals surface area contributed by atoms with Crippen molar-refractivity contribution in [1.82, 2.24) is 0 Å². The van der Waals surface area contributed by atoms with Crippen LogP contribution in [-0.4, -0.2) is 12.5 Å². The van der Waals surface area contributed by atoms with Crippen molar-refractivity contribution in [2.75, 3.05) is 11.4 Å². The van der Waals surface area contributed by atoms with Crippen molar-refractivity contribution >= 4 is 22.6 Å². The van der Waals surface area contributed by atoms with Gasteiger partial charge in [0.25, 0.3) is 0 Å². The zero-order valence-corrected chi connectivity index (χ0v) is 11.6. The van der Waals surface area contributed by atoms with Crippen molar-refractivity contribution in [3.05, 3.63) is 65.9 Å². The topological polar surface area (TPSA) is 33.5 Å². The highest BCUT2D eigenvalue weighted by molar-refractivity contribution is 5.98. The van der Waals surface area contributed by atoms with Crippen molar-refractivity contribution in [3.63, 3.8) is 0 Å². The Morgan fingerprint density at radius 1 is 1.10 bits per heavy atom. The van der Waals surface area contributed by atoms with Crippen LogP contribution in [-0.2, 0) is 17.6 Å². The third kappa shape index (κ3) is 2.02. The fourth-order valence-corrected chi connectivity index (χ4v) is 3.03. The van der Waals surface area contributed by atoms with Crippen LogP contribution in [0.25, 0.3) is 11.0 Å². The molecule has 3 heteroatoms. The highest BCUT2D eigenvalue weighted by Gasteiger charge is 2.24. The first kappa shape index (κ1) is 12.2. The number of anilines is 1. The van der Waals surface area contributed by atoms with Gasteiger partial charge in [0, 0.05) is 23.2 Å². The van der Waals surface area contributed by atoms with Crippen LogP contribution in [0.5, 0.6) is 0 Å². The fraction of sp³-hybridized carbons (Fsp3) is 0.167. The Labute approximate surface area is 122 Å². The van der Waals surface area contributed by atoms with Crippen LogP contribution in [0.4, 0.5) is 5.69 Å². The molecule has 3 aromatic rings. The number of fused-ring (bicyclic) bond motifs is 2. The molecule has 21 heavy (non-hydrogen) atoms. The third-order valence-electron chi connectivity index (χ3n) is 4.09. The molecule has 3 nitrogen and oxygen atoms in total. The SMILES string of the molecule is O=C(Cc1coc2ccccc12)N1CCc2ccccc21. The summed E-state index contributed by atoms with van der Waals surface area (Å²) >= 11 is 0. The Bertz CT molecular complexity index is 819. The normalized spacial score (nSPS) is 13.6. The fourth-order valence-electron chi connectivity index (χ4n) is 3.03. The second-order valence-corrected chi connectivity index (χ2v) is 5.36. The van der Waals surface area contributed by atoms with Crippen molar-refractivity contribution in [2.24, 2.45) is 0 Å². The van der Waals surface area contributed by atoms with E-state index in [-0.39, 0.29) is 5.91 Å². The molecule has 0 fully saturated rings. The van der Waals surface area contributed by atoms with Gasteiger partial charge in [-0.2, -0.15) is 0 Å². The zero-order chi connectivity index (χ0) is 14.2. The smallest absolute Gasteiger partial charge is 0.231 e. The van der Waals surface area contributed by atoms with Crippen LogP contribution in [0.1, 0.15) is 11.1 Å². The van der Waals surface area contributed by atoms with Crippen molar-refractivity contribution in [1.29, 1.82) is 0 Å². The molecule has 0 saturated carbocycles. The summed E-state index contributed by atoms with van der Waals surface area (Å²) in [5.41, 5.74) is 4.10. The first-order valence-electron chi connectivity index (χ1n) is 7.16. The molecule has 0 saturated heterocycles. The number of para-hydroxylation sites is 2. The van der Waals surface area contributed by atoms with E-state index in [1.807, 2.05) is 47.4 Å². The molecule has 1 amide bonds. The molecule has 1 aliphatic rings. The lowest BCUT2D eigenvalue weighted by atomic mass is 10.1. The van der Waals surface area contributed by atoms with Crippen molar-refractivity contribution in [2.45, 2.75) is 12.8 Å². The Morgan fingerprint density at radius 3 is 2.86 bits per heavy atom. The van der Waals surface area contributed by atoms with E-state index in [0.717, 1.165) is 35.2 Å². The molecule has 0 aliphatic carbocycles. The summed E-state index contributed by atoms with van der Waals surface area (Å²) in [6.45, 7) is 0.772. The average Bonchev–Trinajstić information content (AvgIpc) is 3.12. The van der Waals surface area contributed by atoms with E-state index in [9.17, 15) is 4.79 Å². The molecule has 104 valence electrons. The van der Waals surface area contributed by atoms with Gasteiger partial charge in [0.15, 0.2) is 0 Å². The number of furan rings is 1.